The van der Waals surface area contributed by atoms with Crippen LogP contribution >= 0.6 is 23.8 Å². The van der Waals surface area contributed by atoms with Crippen molar-refractivity contribution in [1.82, 2.24) is 5.32 Å². The van der Waals surface area contributed by atoms with Gasteiger partial charge in [0.1, 0.15) is 5.75 Å². The summed E-state index contributed by atoms with van der Waals surface area (Å²) in [6.07, 6.45) is 0. The van der Waals surface area contributed by atoms with E-state index in [2.05, 4.69) is 10.6 Å². The van der Waals surface area contributed by atoms with E-state index in [0.717, 1.165) is 5.56 Å². The number of nitro benzene ring substituents is 1. The van der Waals surface area contributed by atoms with Crippen LogP contribution in [0.2, 0.25) is 5.02 Å². The molecule has 2 N–H and O–H groups in total. The molecule has 0 heterocycles. The number of amides is 1. The van der Waals surface area contributed by atoms with Gasteiger partial charge in [-0.3, -0.25) is 20.2 Å². The molecular weight excluding hydrogens is 378 g/mol. The smallest absolute Gasteiger partial charge is 0.274 e. The summed E-state index contributed by atoms with van der Waals surface area (Å²) in [5, 5.41) is 16.8. The summed E-state index contributed by atoms with van der Waals surface area (Å²) < 4.78 is 5.43. The van der Waals surface area contributed by atoms with Gasteiger partial charge in [0.2, 0.25) is 0 Å². The lowest BCUT2D eigenvalue weighted by Crippen LogP contribution is -2.37. The zero-order valence-corrected chi connectivity index (χ0v) is 15.6. The average molecular weight is 394 g/mol. The van der Waals surface area contributed by atoms with Crippen LogP contribution in [0, 0.1) is 24.0 Å². The Balaban J connectivity index is 1.92. The first-order valence-electron chi connectivity index (χ1n) is 7.51. The van der Waals surface area contributed by atoms with Crippen LogP contribution in [-0.4, -0.2) is 22.5 Å². The minimum Gasteiger partial charge on any atom is -0.483 e. The molecule has 0 aliphatic rings. The van der Waals surface area contributed by atoms with E-state index in [9.17, 15) is 14.9 Å². The Labute approximate surface area is 160 Å². The number of carbonyl (C=O) groups excluding carboxylic acids is 1. The number of halogens is 1. The van der Waals surface area contributed by atoms with Crippen LogP contribution in [0.4, 0.5) is 11.4 Å². The number of hydrogen-bond acceptors (Lipinski definition) is 5. The van der Waals surface area contributed by atoms with Crippen molar-refractivity contribution in [3.05, 3.63) is 62.7 Å². The van der Waals surface area contributed by atoms with Crippen molar-refractivity contribution >= 4 is 46.2 Å². The van der Waals surface area contributed by atoms with E-state index < -0.39 is 10.8 Å². The van der Waals surface area contributed by atoms with Gasteiger partial charge in [0, 0.05) is 11.1 Å². The van der Waals surface area contributed by atoms with Gasteiger partial charge >= 0.3 is 0 Å². The first kappa shape index (κ1) is 19.6. The van der Waals surface area contributed by atoms with Crippen LogP contribution in [-0.2, 0) is 4.79 Å². The molecule has 0 fully saturated rings. The maximum Gasteiger partial charge on any atom is 0.274 e. The zero-order valence-electron chi connectivity index (χ0n) is 14.0. The quantitative estimate of drug-likeness (QED) is 0.456. The predicted molar refractivity (Wildman–Crippen MR) is 104 cm³/mol. The fourth-order valence-electron chi connectivity index (χ4n) is 2.19. The monoisotopic (exact) mass is 393 g/mol. The van der Waals surface area contributed by atoms with Gasteiger partial charge < -0.3 is 10.1 Å². The standard InChI is InChI=1S/C17H16ClN3O4S/c1-10-8-12(18)6-7-15(10)25-9-16(22)20-17(26)19-13-4-3-5-14(11(13)2)21(23)24/h3-8H,9H2,1-2H3,(H2,19,20,22,26). The number of nitrogens with zero attached hydrogens (tertiary/aromatic N) is 1. The molecule has 0 aliphatic carbocycles. The molecule has 1 amide bonds. The molecule has 2 aromatic rings. The third kappa shape index (κ3) is 5.14. The van der Waals surface area contributed by atoms with E-state index in [1.807, 2.05) is 6.92 Å². The highest BCUT2D eigenvalue weighted by molar-refractivity contribution is 7.80. The summed E-state index contributed by atoms with van der Waals surface area (Å²) in [6, 6.07) is 9.63. The number of ether oxygens (including phenoxy) is 1. The number of nitrogens with one attached hydrogen (secondary N) is 2. The van der Waals surface area contributed by atoms with Crippen LogP contribution in [0.1, 0.15) is 11.1 Å². The molecule has 0 aliphatic heterocycles. The van der Waals surface area contributed by atoms with Crippen molar-refractivity contribution in [2.75, 3.05) is 11.9 Å². The Bertz CT molecular complexity index is 873. The molecule has 2 aromatic carbocycles. The lowest BCUT2D eigenvalue weighted by Gasteiger charge is -2.13. The number of aryl methyl sites for hydroxylation is 1. The van der Waals surface area contributed by atoms with Crippen molar-refractivity contribution < 1.29 is 14.5 Å². The zero-order chi connectivity index (χ0) is 19.3. The molecule has 0 atom stereocenters. The van der Waals surface area contributed by atoms with Crippen molar-refractivity contribution in [2.24, 2.45) is 0 Å². The van der Waals surface area contributed by atoms with E-state index in [1.54, 1.807) is 31.2 Å². The SMILES string of the molecule is Cc1cc(Cl)ccc1OCC(=O)NC(=S)Nc1cccc([N+](=O)[O-])c1C. The topological polar surface area (TPSA) is 93.5 Å². The van der Waals surface area contributed by atoms with Gasteiger partial charge in [-0.15, -0.1) is 0 Å². The Morgan fingerprint density at radius 3 is 2.69 bits per heavy atom. The maximum absolute atomic E-state index is 12.0. The maximum atomic E-state index is 12.0. The second-order valence-electron chi connectivity index (χ2n) is 5.41. The highest BCUT2D eigenvalue weighted by atomic mass is 35.5. The van der Waals surface area contributed by atoms with Crippen LogP contribution in [0.15, 0.2) is 36.4 Å². The van der Waals surface area contributed by atoms with Gasteiger partial charge in [0.05, 0.1) is 16.2 Å². The summed E-state index contributed by atoms with van der Waals surface area (Å²) in [5.74, 6) is 0.0814. The lowest BCUT2D eigenvalue weighted by atomic mass is 10.1. The number of carbonyl (C=O) groups is 1. The second-order valence-corrected chi connectivity index (χ2v) is 6.25. The van der Waals surface area contributed by atoms with Crippen LogP contribution < -0.4 is 15.4 Å². The van der Waals surface area contributed by atoms with E-state index in [0.29, 0.717) is 22.0 Å². The third-order valence-electron chi connectivity index (χ3n) is 3.50. The number of anilines is 1. The Morgan fingerprint density at radius 2 is 2.04 bits per heavy atom. The van der Waals surface area contributed by atoms with Crippen LogP contribution in [0.5, 0.6) is 5.75 Å². The molecule has 0 radical (unpaired) electrons. The van der Waals surface area contributed by atoms with Crippen molar-refractivity contribution in [1.29, 1.82) is 0 Å². The van der Waals surface area contributed by atoms with Gasteiger partial charge in [-0.2, -0.15) is 0 Å². The minimum absolute atomic E-state index is 0.0232. The first-order chi connectivity index (χ1) is 12.3. The molecule has 9 heteroatoms. The normalized spacial score (nSPS) is 10.1. The Morgan fingerprint density at radius 1 is 1.31 bits per heavy atom. The molecule has 0 aromatic heterocycles. The largest absolute Gasteiger partial charge is 0.483 e. The summed E-state index contributed by atoms with van der Waals surface area (Å²) in [6.45, 7) is 3.17. The third-order valence-corrected chi connectivity index (χ3v) is 3.94. The van der Waals surface area contributed by atoms with Gasteiger partial charge in [-0.1, -0.05) is 17.7 Å². The summed E-state index contributed by atoms with van der Waals surface area (Å²) in [4.78, 5) is 22.4. The highest BCUT2D eigenvalue weighted by Gasteiger charge is 2.14. The minimum atomic E-state index is -0.482. The van der Waals surface area contributed by atoms with Crippen LogP contribution in [0.3, 0.4) is 0 Å². The molecule has 0 saturated carbocycles. The molecule has 0 spiro atoms. The second kappa shape index (κ2) is 8.59. The molecule has 136 valence electrons. The number of thiocarbonyl (C=S) groups is 1. The van der Waals surface area contributed by atoms with E-state index in [1.165, 1.54) is 12.1 Å². The highest BCUT2D eigenvalue weighted by Crippen LogP contribution is 2.25. The molecular formula is C17H16ClN3O4S. The number of rotatable bonds is 5. The predicted octanol–water partition coefficient (Wildman–Crippen LogP) is 3.76. The van der Waals surface area contributed by atoms with Crippen LogP contribution in [0.25, 0.3) is 0 Å². The number of nitro groups is 1. The van der Waals surface area contributed by atoms with E-state index >= 15 is 0 Å². The molecule has 26 heavy (non-hydrogen) atoms. The Hall–Kier alpha value is -2.71. The fourth-order valence-corrected chi connectivity index (χ4v) is 2.64. The van der Waals surface area contributed by atoms with Gasteiger partial charge in [0.25, 0.3) is 11.6 Å². The summed E-state index contributed by atoms with van der Waals surface area (Å²) >= 11 is 10.9. The molecule has 7 nitrogen and oxygen atoms in total. The summed E-state index contributed by atoms with van der Waals surface area (Å²) in [5.41, 5.74) is 1.63. The average Bonchev–Trinajstić information content (AvgIpc) is 2.55. The molecule has 0 bridgehead atoms. The molecule has 0 unspecified atom stereocenters. The van der Waals surface area contributed by atoms with E-state index in [4.69, 9.17) is 28.6 Å². The first-order valence-corrected chi connectivity index (χ1v) is 8.30. The number of benzene rings is 2. The molecule has 0 saturated heterocycles. The van der Waals surface area contributed by atoms with Crippen molar-refractivity contribution in [2.45, 2.75) is 13.8 Å². The fraction of sp³-hybridized carbons (Fsp3) is 0.176. The van der Waals surface area contributed by atoms with Gasteiger partial charge in [-0.25, -0.2) is 0 Å². The Kier molecular flexibility index (Phi) is 6.48. The number of hydrogen-bond donors (Lipinski definition) is 2. The van der Waals surface area contributed by atoms with Crippen molar-refractivity contribution in [3.63, 3.8) is 0 Å². The summed E-state index contributed by atoms with van der Waals surface area (Å²) in [7, 11) is 0. The van der Waals surface area contributed by atoms with E-state index in [-0.39, 0.29) is 17.4 Å². The van der Waals surface area contributed by atoms with Gasteiger partial charge in [-0.05, 0) is 55.9 Å². The van der Waals surface area contributed by atoms with Gasteiger partial charge in [0.15, 0.2) is 11.7 Å². The molecule has 2 rings (SSSR count). The van der Waals surface area contributed by atoms with Crippen molar-refractivity contribution in [3.8, 4) is 5.75 Å². The lowest BCUT2D eigenvalue weighted by molar-refractivity contribution is -0.385.